The number of carbonyl (C=O) groups excluding carboxylic acids is 1. The summed E-state index contributed by atoms with van der Waals surface area (Å²) in [5, 5.41) is 2.81. The van der Waals surface area contributed by atoms with Crippen LogP contribution in [0.25, 0.3) is 0 Å². The number of amides is 1. The molecule has 84 valence electrons. The molecule has 1 amide bonds. The molecule has 5 heteroatoms. The first kappa shape index (κ1) is 12.7. The van der Waals surface area contributed by atoms with Crippen LogP contribution in [0.15, 0.2) is 15.9 Å². The van der Waals surface area contributed by atoms with E-state index < -0.39 is 5.54 Å². The molecule has 0 fully saturated rings. The Bertz CT molecular complexity index is 343. The smallest absolute Gasteiger partial charge is 0.239 e. The normalized spacial score (nSPS) is 11.5. The number of rotatable bonds is 4. The fourth-order valence-electron chi connectivity index (χ4n) is 1.01. The number of hydrogen-bond acceptors (Lipinski definition) is 3. The Hall–Kier alpha value is -0.390. The van der Waals surface area contributed by atoms with Crippen molar-refractivity contribution in [1.29, 1.82) is 0 Å². The predicted octanol–water partition coefficient (Wildman–Crippen LogP) is 1.91. The summed E-state index contributed by atoms with van der Waals surface area (Å²) >= 11 is 5.08. The van der Waals surface area contributed by atoms with Crippen LogP contribution in [-0.2, 0) is 11.2 Å². The Labute approximate surface area is 102 Å². The monoisotopic (exact) mass is 290 g/mol. The van der Waals surface area contributed by atoms with Crippen LogP contribution >= 0.6 is 27.3 Å². The molecule has 3 nitrogen and oxygen atoms in total. The lowest BCUT2D eigenvalue weighted by Gasteiger charge is -2.17. The SMILES string of the molecule is CC(C)(N)C(=O)NCCc1ccc(Br)s1. The van der Waals surface area contributed by atoms with Crippen LogP contribution in [0.4, 0.5) is 0 Å². The van der Waals surface area contributed by atoms with Gasteiger partial charge in [-0.15, -0.1) is 11.3 Å². The van der Waals surface area contributed by atoms with E-state index in [9.17, 15) is 4.79 Å². The summed E-state index contributed by atoms with van der Waals surface area (Å²) in [6.45, 7) is 4.03. The third-order valence-electron chi connectivity index (χ3n) is 1.87. The molecule has 0 bridgehead atoms. The standard InChI is InChI=1S/C10H15BrN2OS/c1-10(2,12)9(14)13-6-5-7-3-4-8(11)15-7/h3-4H,5-6,12H2,1-2H3,(H,13,14). The summed E-state index contributed by atoms with van der Waals surface area (Å²) in [5.74, 6) is -0.113. The minimum absolute atomic E-state index is 0.113. The van der Waals surface area contributed by atoms with Gasteiger partial charge in [0, 0.05) is 11.4 Å². The van der Waals surface area contributed by atoms with Crippen molar-refractivity contribution >= 4 is 33.2 Å². The summed E-state index contributed by atoms with van der Waals surface area (Å²) in [5.41, 5.74) is 4.85. The van der Waals surface area contributed by atoms with Gasteiger partial charge >= 0.3 is 0 Å². The van der Waals surface area contributed by atoms with Crippen molar-refractivity contribution in [3.63, 3.8) is 0 Å². The second-order valence-electron chi connectivity index (χ2n) is 3.93. The van der Waals surface area contributed by atoms with Gasteiger partial charge in [0.05, 0.1) is 9.33 Å². The van der Waals surface area contributed by atoms with Gasteiger partial charge in [0.25, 0.3) is 0 Å². The molecule has 1 rings (SSSR count). The van der Waals surface area contributed by atoms with Crippen molar-refractivity contribution in [2.24, 2.45) is 5.73 Å². The predicted molar refractivity (Wildman–Crippen MR) is 67.0 cm³/mol. The molecule has 0 unspecified atom stereocenters. The van der Waals surface area contributed by atoms with E-state index in [0.717, 1.165) is 10.2 Å². The van der Waals surface area contributed by atoms with Gasteiger partial charge in [-0.25, -0.2) is 0 Å². The first-order valence-electron chi connectivity index (χ1n) is 4.71. The minimum atomic E-state index is -0.796. The van der Waals surface area contributed by atoms with Gasteiger partial charge in [0.15, 0.2) is 0 Å². The second-order valence-corrected chi connectivity index (χ2v) is 6.48. The Balaban J connectivity index is 2.31. The van der Waals surface area contributed by atoms with E-state index in [4.69, 9.17) is 5.73 Å². The fourth-order valence-corrected chi connectivity index (χ4v) is 2.50. The van der Waals surface area contributed by atoms with Gasteiger partial charge in [0.2, 0.25) is 5.91 Å². The molecule has 0 aliphatic carbocycles. The van der Waals surface area contributed by atoms with Crippen molar-refractivity contribution in [3.05, 3.63) is 20.8 Å². The van der Waals surface area contributed by atoms with Crippen LogP contribution in [0.1, 0.15) is 18.7 Å². The quantitative estimate of drug-likeness (QED) is 0.890. The van der Waals surface area contributed by atoms with Crippen molar-refractivity contribution < 1.29 is 4.79 Å². The third kappa shape index (κ3) is 4.32. The van der Waals surface area contributed by atoms with E-state index in [2.05, 4.69) is 27.3 Å². The molecule has 3 N–H and O–H groups in total. The first-order chi connectivity index (χ1) is 6.89. The lowest BCUT2D eigenvalue weighted by Crippen LogP contribution is -2.49. The molecular formula is C10H15BrN2OS. The maximum Gasteiger partial charge on any atom is 0.239 e. The number of halogens is 1. The van der Waals surface area contributed by atoms with Crippen LogP contribution < -0.4 is 11.1 Å². The highest BCUT2D eigenvalue weighted by Gasteiger charge is 2.20. The van der Waals surface area contributed by atoms with Gasteiger partial charge in [-0.1, -0.05) is 0 Å². The molecular weight excluding hydrogens is 276 g/mol. The van der Waals surface area contributed by atoms with Gasteiger partial charge in [-0.05, 0) is 48.3 Å². The minimum Gasteiger partial charge on any atom is -0.354 e. The number of nitrogens with one attached hydrogen (secondary N) is 1. The lowest BCUT2D eigenvalue weighted by molar-refractivity contribution is -0.125. The van der Waals surface area contributed by atoms with E-state index in [1.165, 1.54) is 4.88 Å². The molecule has 0 saturated carbocycles. The third-order valence-corrected chi connectivity index (χ3v) is 3.55. The van der Waals surface area contributed by atoms with Crippen LogP contribution in [0.2, 0.25) is 0 Å². The summed E-state index contributed by atoms with van der Waals surface area (Å²) in [6, 6.07) is 4.06. The lowest BCUT2D eigenvalue weighted by atomic mass is 10.1. The fraction of sp³-hybridized carbons (Fsp3) is 0.500. The van der Waals surface area contributed by atoms with Crippen molar-refractivity contribution in [2.75, 3.05) is 6.54 Å². The average molecular weight is 291 g/mol. The summed E-state index contributed by atoms with van der Waals surface area (Å²) < 4.78 is 1.11. The van der Waals surface area contributed by atoms with E-state index in [1.54, 1.807) is 25.2 Å². The van der Waals surface area contributed by atoms with Gasteiger partial charge in [0.1, 0.15) is 0 Å². The Kier molecular flexibility index (Phi) is 4.31. The average Bonchev–Trinajstić information content (AvgIpc) is 2.49. The Morgan fingerprint density at radius 2 is 2.27 bits per heavy atom. The summed E-state index contributed by atoms with van der Waals surface area (Å²) in [4.78, 5) is 12.7. The van der Waals surface area contributed by atoms with Crippen molar-refractivity contribution in [1.82, 2.24) is 5.32 Å². The zero-order valence-corrected chi connectivity index (χ0v) is 11.2. The molecule has 0 atom stereocenters. The summed E-state index contributed by atoms with van der Waals surface area (Å²) in [6.07, 6.45) is 0.845. The zero-order valence-electron chi connectivity index (χ0n) is 8.84. The van der Waals surface area contributed by atoms with Gasteiger partial charge in [-0.2, -0.15) is 0 Å². The molecule has 1 aromatic rings. The second kappa shape index (κ2) is 5.09. The molecule has 0 aliphatic heterocycles. The van der Waals surface area contributed by atoms with E-state index >= 15 is 0 Å². The molecule has 0 saturated heterocycles. The molecule has 1 aromatic heterocycles. The van der Waals surface area contributed by atoms with E-state index in [-0.39, 0.29) is 5.91 Å². The highest BCUT2D eigenvalue weighted by Crippen LogP contribution is 2.22. The number of nitrogens with two attached hydrogens (primary N) is 1. The number of hydrogen-bond donors (Lipinski definition) is 2. The van der Waals surface area contributed by atoms with E-state index in [0.29, 0.717) is 6.54 Å². The first-order valence-corrected chi connectivity index (χ1v) is 6.32. The van der Waals surface area contributed by atoms with Crippen molar-refractivity contribution in [2.45, 2.75) is 25.8 Å². The van der Waals surface area contributed by atoms with Crippen LogP contribution in [0.5, 0.6) is 0 Å². The maximum absolute atomic E-state index is 11.4. The van der Waals surface area contributed by atoms with Gasteiger partial charge < -0.3 is 11.1 Å². The molecule has 0 spiro atoms. The zero-order chi connectivity index (χ0) is 11.5. The van der Waals surface area contributed by atoms with Crippen LogP contribution in [-0.4, -0.2) is 18.0 Å². The molecule has 0 aromatic carbocycles. The Morgan fingerprint density at radius 3 is 2.73 bits per heavy atom. The highest BCUT2D eigenvalue weighted by atomic mass is 79.9. The molecule has 0 aliphatic rings. The largest absolute Gasteiger partial charge is 0.354 e. The van der Waals surface area contributed by atoms with Gasteiger partial charge in [-0.3, -0.25) is 4.79 Å². The molecule has 0 radical (unpaired) electrons. The number of carbonyl (C=O) groups is 1. The highest BCUT2D eigenvalue weighted by molar-refractivity contribution is 9.11. The topological polar surface area (TPSA) is 55.1 Å². The summed E-state index contributed by atoms with van der Waals surface area (Å²) in [7, 11) is 0. The van der Waals surface area contributed by atoms with E-state index in [1.807, 2.05) is 6.07 Å². The van der Waals surface area contributed by atoms with Crippen molar-refractivity contribution in [3.8, 4) is 0 Å². The molecule has 15 heavy (non-hydrogen) atoms. The Morgan fingerprint density at radius 1 is 1.60 bits per heavy atom. The van der Waals surface area contributed by atoms with Crippen LogP contribution in [0.3, 0.4) is 0 Å². The number of thiophene rings is 1. The van der Waals surface area contributed by atoms with Crippen LogP contribution in [0, 0.1) is 0 Å². The molecule has 1 heterocycles. The maximum atomic E-state index is 11.4.